The molecule has 1 saturated heterocycles. The van der Waals surface area contributed by atoms with Gasteiger partial charge in [0.05, 0.1) is 5.69 Å². The van der Waals surface area contributed by atoms with Gasteiger partial charge < -0.3 is 14.2 Å². The molecule has 2 aliphatic rings. The van der Waals surface area contributed by atoms with E-state index in [9.17, 15) is 14.0 Å². The minimum absolute atomic E-state index is 0.00634. The molecule has 0 spiro atoms. The first-order chi connectivity index (χ1) is 24.4. The zero-order valence-corrected chi connectivity index (χ0v) is 30.9. The number of rotatable bonds is 21. The SMILES string of the molecule is CCCCCCCCCCCCCCCCCC(=O)O[C@H]1CCCn2c1nc(C)c(CCN1CCC(c3noc4cc(F)ccc34)CC1)c2=O. The average molecular weight is 693 g/mol. The molecule has 4 heterocycles. The van der Waals surface area contributed by atoms with Crippen molar-refractivity contribution in [1.82, 2.24) is 19.6 Å². The highest BCUT2D eigenvalue weighted by atomic mass is 19.1. The van der Waals surface area contributed by atoms with Crippen LogP contribution in [-0.2, 0) is 22.5 Å². The first kappa shape index (κ1) is 38.2. The Kier molecular flexibility index (Phi) is 15.3. The summed E-state index contributed by atoms with van der Waals surface area (Å²) in [4.78, 5) is 33.7. The lowest BCUT2D eigenvalue weighted by atomic mass is 9.91. The molecule has 0 N–H and O–H groups in total. The molecule has 1 aromatic carbocycles. The van der Waals surface area contributed by atoms with Crippen molar-refractivity contribution in [3.63, 3.8) is 0 Å². The van der Waals surface area contributed by atoms with Crippen molar-refractivity contribution in [2.45, 2.75) is 167 Å². The van der Waals surface area contributed by atoms with Crippen molar-refractivity contribution in [3.8, 4) is 0 Å². The van der Waals surface area contributed by atoms with E-state index in [-0.39, 0.29) is 23.3 Å². The highest BCUT2D eigenvalue weighted by Gasteiger charge is 2.29. The van der Waals surface area contributed by atoms with Crippen molar-refractivity contribution in [2.75, 3.05) is 19.6 Å². The van der Waals surface area contributed by atoms with Gasteiger partial charge in [-0.3, -0.25) is 14.2 Å². The fraction of sp³-hybridized carbons (Fsp3) is 0.707. The smallest absolute Gasteiger partial charge is 0.306 e. The minimum Gasteiger partial charge on any atom is -0.454 e. The maximum Gasteiger partial charge on any atom is 0.306 e. The number of nitrogens with zero attached hydrogens (tertiary/aromatic N) is 4. The Morgan fingerprint density at radius 1 is 0.900 bits per heavy atom. The predicted molar refractivity (Wildman–Crippen MR) is 197 cm³/mol. The highest BCUT2D eigenvalue weighted by molar-refractivity contribution is 5.79. The van der Waals surface area contributed by atoms with Gasteiger partial charge >= 0.3 is 5.97 Å². The minimum atomic E-state index is -0.448. The van der Waals surface area contributed by atoms with Gasteiger partial charge in [0.25, 0.3) is 5.56 Å². The van der Waals surface area contributed by atoms with Gasteiger partial charge in [-0.1, -0.05) is 102 Å². The van der Waals surface area contributed by atoms with Gasteiger partial charge in [-0.05, 0) is 70.7 Å². The number of ether oxygens (including phenoxy) is 1. The van der Waals surface area contributed by atoms with Crippen LogP contribution in [0.5, 0.6) is 0 Å². The summed E-state index contributed by atoms with van der Waals surface area (Å²) in [5.74, 6) is 0.380. The largest absolute Gasteiger partial charge is 0.454 e. The van der Waals surface area contributed by atoms with Crippen LogP contribution in [0.2, 0.25) is 0 Å². The predicted octanol–water partition coefficient (Wildman–Crippen LogP) is 9.89. The van der Waals surface area contributed by atoms with E-state index in [2.05, 4.69) is 17.0 Å². The van der Waals surface area contributed by atoms with E-state index in [1.165, 1.54) is 95.6 Å². The molecule has 276 valence electrons. The summed E-state index contributed by atoms with van der Waals surface area (Å²) in [6, 6.07) is 4.61. The fourth-order valence-electron chi connectivity index (χ4n) is 7.93. The molecule has 0 amide bonds. The summed E-state index contributed by atoms with van der Waals surface area (Å²) in [5, 5.41) is 5.16. The second-order valence-electron chi connectivity index (χ2n) is 14.9. The van der Waals surface area contributed by atoms with E-state index >= 15 is 0 Å². The third kappa shape index (κ3) is 11.0. The van der Waals surface area contributed by atoms with E-state index < -0.39 is 6.10 Å². The van der Waals surface area contributed by atoms with Gasteiger partial charge in [0.15, 0.2) is 17.5 Å². The molecule has 0 aliphatic carbocycles. The number of carbonyl (C=O) groups excluding carboxylic acids is 1. The summed E-state index contributed by atoms with van der Waals surface area (Å²) in [5.41, 5.74) is 2.91. The number of halogens is 1. The summed E-state index contributed by atoms with van der Waals surface area (Å²) in [7, 11) is 0. The van der Waals surface area contributed by atoms with Crippen LogP contribution in [0, 0.1) is 12.7 Å². The standard InChI is InChI=1S/C41H61FN4O4/c1-3-4-5-6-7-8-9-10-11-12-13-14-15-16-17-20-38(47)49-36-19-18-26-46-40(36)43-31(2)34(41(46)48)25-29-45-27-23-32(24-28-45)39-35-22-21-33(42)30-37(35)50-44-39/h21-22,30,32,36H,3-20,23-29H2,1-2H3/t36-/m0/s1. The van der Waals surface area contributed by atoms with Gasteiger partial charge in [-0.2, -0.15) is 0 Å². The number of aromatic nitrogens is 3. The van der Waals surface area contributed by atoms with E-state index in [1.807, 2.05) is 6.92 Å². The Balaban J connectivity index is 0.982. The van der Waals surface area contributed by atoms with Crippen molar-refractivity contribution >= 4 is 16.9 Å². The zero-order chi connectivity index (χ0) is 35.1. The second-order valence-corrected chi connectivity index (χ2v) is 14.9. The molecule has 1 fully saturated rings. The van der Waals surface area contributed by atoms with Crippen molar-refractivity contribution < 1.29 is 18.4 Å². The van der Waals surface area contributed by atoms with E-state index in [1.54, 1.807) is 10.6 Å². The van der Waals surface area contributed by atoms with Crippen LogP contribution < -0.4 is 5.56 Å². The number of fused-ring (bicyclic) bond motifs is 2. The molecule has 5 rings (SSSR count). The quantitative estimate of drug-likeness (QED) is 0.0811. The van der Waals surface area contributed by atoms with E-state index in [4.69, 9.17) is 14.2 Å². The number of hydrogen-bond donors (Lipinski definition) is 0. The number of likely N-dealkylation sites (tertiary alicyclic amines) is 1. The van der Waals surface area contributed by atoms with Crippen LogP contribution >= 0.6 is 0 Å². The van der Waals surface area contributed by atoms with Crippen LogP contribution in [0.1, 0.15) is 170 Å². The number of benzene rings is 1. The first-order valence-corrected chi connectivity index (χ1v) is 20.0. The summed E-state index contributed by atoms with van der Waals surface area (Å²) in [6.45, 7) is 7.38. The van der Waals surface area contributed by atoms with Crippen molar-refractivity contribution in [2.24, 2.45) is 0 Å². The molecule has 50 heavy (non-hydrogen) atoms. The third-order valence-electron chi connectivity index (χ3n) is 11.0. The average Bonchev–Trinajstić information content (AvgIpc) is 3.53. The van der Waals surface area contributed by atoms with E-state index in [0.717, 1.165) is 74.1 Å². The molecule has 2 aromatic heterocycles. The number of piperidine rings is 1. The lowest BCUT2D eigenvalue weighted by Crippen LogP contribution is -2.38. The molecule has 3 aromatic rings. The zero-order valence-electron chi connectivity index (χ0n) is 30.9. The van der Waals surface area contributed by atoms with Gasteiger partial charge in [-0.25, -0.2) is 9.37 Å². The number of hydrogen-bond acceptors (Lipinski definition) is 7. The van der Waals surface area contributed by atoms with Crippen LogP contribution in [-0.4, -0.2) is 45.2 Å². The first-order valence-electron chi connectivity index (χ1n) is 20.0. The van der Waals surface area contributed by atoms with Gasteiger partial charge in [0, 0.05) is 48.1 Å². The number of aryl methyl sites for hydroxylation is 1. The van der Waals surface area contributed by atoms with Crippen LogP contribution in [0.25, 0.3) is 11.0 Å². The molecular weight excluding hydrogens is 631 g/mol. The molecule has 0 saturated carbocycles. The van der Waals surface area contributed by atoms with Crippen molar-refractivity contribution in [3.05, 3.63) is 57.1 Å². The Morgan fingerprint density at radius 3 is 2.20 bits per heavy atom. The fourth-order valence-corrected chi connectivity index (χ4v) is 7.93. The maximum absolute atomic E-state index is 13.6. The Bertz CT molecular complexity index is 1540. The molecule has 9 heteroatoms. The van der Waals surface area contributed by atoms with Crippen LogP contribution in [0.15, 0.2) is 27.5 Å². The third-order valence-corrected chi connectivity index (χ3v) is 11.0. The summed E-state index contributed by atoms with van der Waals surface area (Å²) < 4.78 is 26.6. The molecule has 2 aliphatic heterocycles. The topological polar surface area (TPSA) is 90.5 Å². The van der Waals surface area contributed by atoms with Gasteiger partial charge in [0.1, 0.15) is 5.82 Å². The Morgan fingerprint density at radius 2 is 1.54 bits per heavy atom. The molecule has 8 nitrogen and oxygen atoms in total. The lowest BCUT2D eigenvalue weighted by Gasteiger charge is -2.31. The summed E-state index contributed by atoms with van der Waals surface area (Å²) in [6.07, 6.45) is 23.4. The molecule has 1 atom stereocenters. The number of esters is 1. The second kappa shape index (κ2) is 20.1. The molecule has 0 bridgehead atoms. The van der Waals surface area contributed by atoms with Gasteiger partial charge in [-0.15, -0.1) is 0 Å². The summed E-state index contributed by atoms with van der Waals surface area (Å²) >= 11 is 0. The van der Waals surface area contributed by atoms with Crippen LogP contribution in [0.3, 0.4) is 0 Å². The van der Waals surface area contributed by atoms with Crippen LogP contribution in [0.4, 0.5) is 4.39 Å². The highest BCUT2D eigenvalue weighted by Crippen LogP contribution is 2.33. The monoisotopic (exact) mass is 692 g/mol. The maximum atomic E-state index is 13.6. The number of unbranched alkanes of at least 4 members (excludes halogenated alkanes) is 14. The van der Waals surface area contributed by atoms with E-state index in [0.29, 0.717) is 37.2 Å². The Hall–Kier alpha value is -3.07. The Labute approximate surface area is 298 Å². The number of carbonyl (C=O) groups is 1. The molecular formula is C41H61FN4O4. The lowest BCUT2D eigenvalue weighted by molar-refractivity contribution is -0.151. The molecule has 0 radical (unpaired) electrons. The van der Waals surface area contributed by atoms with Gasteiger partial charge in [0.2, 0.25) is 0 Å². The van der Waals surface area contributed by atoms with Crippen molar-refractivity contribution in [1.29, 1.82) is 0 Å². The normalized spacial score (nSPS) is 17.0. The molecule has 0 unspecified atom stereocenters.